The molecule has 0 bridgehead atoms. The molecule has 2 fully saturated rings. The van der Waals surface area contributed by atoms with Crippen molar-refractivity contribution in [1.82, 2.24) is 25.8 Å². The second-order valence-corrected chi connectivity index (χ2v) is 16.4. The average Bonchev–Trinajstić information content (AvgIpc) is 3.78. The van der Waals surface area contributed by atoms with Gasteiger partial charge in [0.15, 0.2) is 0 Å². The Balaban J connectivity index is 1.46. The Kier molecular flexibility index (Phi) is 18.0. The van der Waals surface area contributed by atoms with Crippen molar-refractivity contribution in [1.29, 1.82) is 0 Å². The third-order valence-electron chi connectivity index (χ3n) is 12.0. The molecule has 0 aromatic heterocycles. The average molecular weight is 838 g/mol. The van der Waals surface area contributed by atoms with E-state index in [4.69, 9.17) is 11.5 Å². The summed E-state index contributed by atoms with van der Waals surface area (Å²) in [6, 6.07) is 19.6. The Bertz CT molecular complexity index is 1920. The Hall–Kier alpha value is -5.44. The van der Waals surface area contributed by atoms with Gasteiger partial charge in [-0.3, -0.25) is 28.9 Å². The normalized spacial score (nSPS) is 17.4. The molecule has 328 valence electrons. The summed E-state index contributed by atoms with van der Waals surface area (Å²) in [6.07, 6.45) is 7.89. The minimum absolute atomic E-state index is 0.0271. The smallest absolute Gasteiger partial charge is 0.335 e. The van der Waals surface area contributed by atoms with Gasteiger partial charge in [-0.05, 0) is 93.3 Å². The van der Waals surface area contributed by atoms with Gasteiger partial charge in [-0.2, -0.15) is 0 Å². The molecule has 0 spiro atoms. The maximum atomic E-state index is 15.2. The molecule has 5 rings (SSSR count). The molecule has 14 nitrogen and oxygen atoms in total. The molecule has 14 heteroatoms. The maximum Gasteiger partial charge on any atom is 0.335 e. The Morgan fingerprint density at radius 1 is 0.787 bits per heavy atom. The molecule has 3 aromatic carbocycles. The van der Waals surface area contributed by atoms with E-state index in [2.05, 4.69) is 16.0 Å². The molecule has 2 aliphatic rings. The number of nitrogens with zero attached hydrogens (tertiary/aromatic N) is 2. The van der Waals surface area contributed by atoms with Crippen LogP contribution in [-0.2, 0) is 43.4 Å². The third kappa shape index (κ3) is 13.3. The van der Waals surface area contributed by atoms with Crippen LogP contribution in [0.5, 0.6) is 0 Å². The fourth-order valence-corrected chi connectivity index (χ4v) is 8.58. The predicted octanol–water partition coefficient (Wildman–Crippen LogP) is 3.70. The molecule has 1 saturated carbocycles. The molecule has 0 radical (unpaired) electrons. The summed E-state index contributed by atoms with van der Waals surface area (Å²) in [7, 11) is 1.69. The summed E-state index contributed by atoms with van der Waals surface area (Å²) < 4.78 is 0. The van der Waals surface area contributed by atoms with Crippen LogP contribution < -0.4 is 27.4 Å². The van der Waals surface area contributed by atoms with Gasteiger partial charge in [0.2, 0.25) is 23.6 Å². The van der Waals surface area contributed by atoms with Crippen molar-refractivity contribution in [3.05, 3.63) is 107 Å². The highest BCUT2D eigenvalue weighted by Crippen LogP contribution is 2.29. The molecular weight excluding hydrogens is 775 g/mol. The second kappa shape index (κ2) is 23.5. The molecule has 61 heavy (non-hydrogen) atoms. The van der Waals surface area contributed by atoms with Crippen molar-refractivity contribution in [2.24, 2.45) is 17.4 Å². The molecule has 1 aliphatic carbocycles. The van der Waals surface area contributed by atoms with E-state index in [1.54, 1.807) is 31.3 Å². The first-order chi connectivity index (χ1) is 29.5. The van der Waals surface area contributed by atoms with Gasteiger partial charge in [0.05, 0.1) is 17.6 Å². The summed E-state index contributed by atoms with van der Waals surface area (Å²) >= 11 is 0. The van der Waals surface area contributed by atoms with Gasteiger partial charge in [0, 0.05) is 19.5 Å². The first-order valence-electron chi connectivity index (χ1n) is 21.8. The number of likely N-dealkylation sites (tertiary alicyclic amines) is 1. The number of carboxylic acids is 1. The number of nitrogens with one attached hydrogen (secondary N) is 3. The van der Waals surface area contributed by atoms with Crippen LogP contribution in [0, 0.1) is 5.92 Å². The molecule has 3 aromatic rings. The van der Waals surface area contributed by atoms with E-state index in [1.165, 1.54) is 17.0 Å². The lowest BCUT2D eigenvalue weighted by atomic mass is 9.84. The topological polar surface area (TPSA) is 217 Å². The van der Waals surface area contributed by atoms with Crippen molar-refractivity contribution in [3.63, 3.8) is 0 Å². The zero-order chi connectivity index (χ0) is 43.7. The second-order valence-electron chi connectivity index (χ2n) is 16.4. The Morgan fingerprint density at radius 3 is 2.08 bits per heavy atom. The maximum absolute atomic E-state index is 15.2. The molecular formula is C47H63N7O7. The van der Waals surface area contributed by atoms with Gasteiger partial charge in [-0.25, -0.2) is 4.79 Å². The van der Waals surface area contributed by atoms with Crippen molar-refractivity contribution in [2.45, 2.75) is 120 Å². The number of nitrogens with two attached hydrogens (primary N) is 2. The van der Waals surface area contributed by atoms with Gasteiger partial charge in [-0.15, -0.1) is 0 Å². The number of hydrogen-bond donors (Lipinski definition) is 6. The van der Waals surface area contributed by atoms with E-state index in [-0.39, 0.29) is 49.7 Å². The zero-order valence-corrected chi connectivity index (χ0v) is 35.3. The van der Waals surface area contributed by atoms with Gasteiger partial charge in [0.1, 0.15) is 18.1 Å². The highest BCUT2D eigenvalue weighted by molar-refractivity contribution is 6.05. The van der Waals surface area contributed by atoms with Crippen LogP contribution in [0.3, 0.4) is 0 Å². The lowest BCUT2D eigenvalue weighted by Gasteiger charge is -2.37. The number of hydrogen-bond acceptors (Lipinski definition) is 9. The quantitative estimate of drug-likeness (QED) is 0.0856. The molecule has 0 unspecified atom stereocenters. The Labute approximate surface area is 359 Å². The predicted molar refractivity (Wildman–Crippen MR) is 233 cm³/mol. The number of amides is 5. The van der Waals surface area contributed by atoms with Crippen LogP contribution in [0.2, 0.25) is 0 Å². The van der Waals surface area contributed by atoms with Crippen LogP contribution >= 0.6 is 0 Å². The number of imide groups is 1. The number of carbonyl (C=O) groups is 6. The minimum Gasteiger partial charge on any atom is -0.478 e. The SMILES string of the molecule is CN[C@@H](Cc1ccccc1)C(=O)N[C@@H](CCCCN)C(=O)N1CCC[C@H]1C(=O)N(C(=O)[C@H](N)CC1CCCCC1)[C@@H](Cc1ccccc1)C(=O)NCc1cccc(C(=O)O)c1. The van der Waals surface area contributed by atoms with Crippen molar-refractivity contribution in [2.75, 3.05) is 20.1 Å². The van der Waals surface area contributed by atoms with Gasteiger partial charge >= 0.3 is 5.97 Å². The highest BCUT2D eigenvalue weighted by atomic mass is 16.4. The van der Waals surface area contributed by atoms with Crippen LogP contribution in [-0.4, -0.2) is 101 Å². The number of likely N-dealkylation sites (N-methyl/N-ethyl adjacent to an activating group) is 1. The van der Waals surface area contributed by atoms with E-state index in [0.717, 1.165) is 42.6 Å². The largest absolute Gasteiger partial charge is 0.478 e. The lowest BCUT2D eigenvalue weighted by Crippen LogP contribution is -2.62. The monoisotopic (exact) mass is 837 g/mol. The Morgan fingerprint density at radius 2 is 1.44 bits per heavy atom. The fraction of sp³-hybridized carbons (Fsp3) is 0.489. The minimum atomic E-state index is -1.35. The van der Waals surface area contributed by atoms with Gasteiger partial charge < -0.3 is 37.4 Å². The van der Waals surface area contributed by atoms with E-state index in [1.807, 2.05) is 48.5 Å². The first kappa shape index (κ1) is 46.6. The summed E-state index contributed by atoms with van der Waals surface area (Å²) in [5.41, 5.74) is 14.7. The van der Waals surface area contributed by atoms with Crippen molar-refractivity contribution >= 4 is 35.5 Å². The number of benzene rings is 3. The number of rotatable bonds is 21. The summed E-state index contributed by atoms with van der Waals surface area (Å²) in [5, 5.41) is 18.4. The molecule has 1 saturated heterocycles. The lowest BCUT2D eigenvalue weighted by molar-refractivity contribution is -0.158. The molecule has 1 aliphatic heterocycles. The van der Waals surface area contributed by atoms with Crippen LogP contribution in [0.15, 0.2) is 84.9 Å². The summed E-state index contributed by atoms with van der Waals surface area (Å²) in [6.45, 7) is 0.552. The van der Waals surface area contributed by atoms with Crippen LogP contribution in [0.25, 0.3) is 0 Å². The molecule has 1 heterocycles. The van der Waals surface area contributed by atoms with Crippen molar-refractivity contribution in [3.8, 4) is 0 Å². The number of carboxylic acid groups (broad SMARTS) is 1. The zero-order valence-electron chi connectivity index (χ0n) is 35.3. The molecule has 8 N–H and O–H groups in total. The third-order valence-corrected chi connectivity index (χ3v) is 12.0. The number of unbranched alkanes of at least 4 members (excludes halogenated alkanes) is 1. The molecule has 5 atom stereocenters. The van der Waals surface area contributed by atoms with Gasteiger partial charge in [-0.1, -0.05) is 105 Å². The number of aromatic carboxylic acids is 1. The fourth-order valence-electron chi connectivity index (χ4n) is 8.58. The van der Waals surface area contributed by atoms with Crippen molar-refractivity contribution < 1.29 is 33.9 Å². The van der Waals surface area contributed by atoms with E-state index in [9.17, 15) is 29.1 Å². The molecule has 5 amide bonds. The van der Waals surface area contributed by atoms with Crippen LogP contribution in [0.4, 0.5) is 0 Å². The number of carbonyl (C=O) groups excluding carboxylic acids is 5. The van der Waals surface area contributed by atoms with E-state index >= 15 is 4.79 Å². The van der Waals surface area contributed by atoms with E-state index < -0.39 is 59.8 Å². The van der Waals surface area contributed by atoms with E-state index in [0.29, 0.717) is 49.8 Å². The summed E-state index contributed by atoms with van der Waals surface area (Å²) in [5.74, 6) is -3.76. The first-order valence-corrected chi connectivity index (χ1v) is 21.8. The standard InChI is InChI=1S/C47H63N7O7/c1-50-39(29-33-17-7-3-8-18-33)42(55)52-38(23-11-12-25-48)45(58)53-26-14-24-40(53)46(59)54(44(57)37(49)28-32-15-5-2-6-16-32)41(30-34-19-9-4-10-20-34)43(56)51-31-35-21-13-22-36(27-35)47(60)61/h3-4,7-10,13,17-22,27,32,37-41,50H,2,5-6,11-12,14-16,23-26,28-31,48-49H2,1H3,(H,51,56)(H,52,55)(H,60,61)/t37-,38+,39+,40+,41+/m1/s1. The summed E-state index contributed by atoms with van der Waals surface area (Å²) in [4.78, 5) is 87.0. The van der Waals surface area contributed by atoms with Gasteiger partial charge in [0.25, 0.3) is 5.91 Å². The van der Waals surface area contributed by atoms with Crippen LogP contribution in [0.1, 0.15) is 97.7 Å². The highest BCUT2D eigenvalue weighted by Gasteiger charge is 2.45.